The first-order valence-corrected chi connectivity index (χ1v) is 3.14. The van der Waals surface area contributed by atoms with Crippen molar-refractivity contribution in [3.63, 3.8) is 0 Å². The van der Waals surface area contributed by atoms with Gasteiger partial charge >= 0.3 is 0 Å². The highest BCUT2D eigenvalue weighted by atomic mass is 31.0. The number of rotatable bonds is 1. The van der Waals surface area contributed by atoms with Gasteiger partial charge in [0.1, 0.15) is 0 Å². The van der Waals surface area contributed by atoms with E-state index in [1.54, 1.807) is 12.3 Å². The van der Waals surface area contributed by atoms with Gasteiger partial charge in [0.2, 0.25) is 0 Å². The Bertz CT molecular complexity index is 208. The van der Waals surface area contributed by atoms with Crippen molar-refractivity contribution in [1.29, 1.82) is 5.41 Å². The molecule has 1 atom stereocenters. The summed E-state index contributed by atoms with van der Waals surface area (Å²) in [5, 5.41) is 7.14. The Labute approximate surface area is 56.0 Å². The van der Waals surface area contributed by atoms with Gasteiger partial charge in [-0.25, -0.2) is 0 Å². The summed E-state index contributed by atoms with van der Waals surface area (Å²) in [5.41, 5.74) is 1.14. The maximum Gasteiger partial charge on any atom is 0.0876 e. The second kappa shape index (κ2) is 2.70. The molecule has 0 saturated heterocycles. The molecule has 2 nitrogen and oxygen atoms in total. The number of nitrogens with one attached hydrogen (secondary N) is 1. The Morgan fingerprint density at radius 1 is 1.56 bits per heavy atom. The second-order valence-electron chi connectivity index (χ2n) is 1.63. The van der Waals surface area contributed by atoms with Crippen molar-refractivity contribution in [1.82, 2.24) is 4.98 Å². The number of nitrogens with zero attached hydrogens (tertiary/aromatic N) is 1. The molecule has 3 heteroatoms. The lowest BCUT2D eigenvalue weighted by atomic mass is 10.4. The van der Waals surface area contributed by atoms with Gasteiger partial charge in [-0.3, -0.25) is 10.4 Å². The molecule has 46 valence electrons. The quantitative estimate of drug-likeness (QED) is 0.460. The summed E-state index contributed by atoms with van der Waals surface area (Å²) >= 11 is 0. The highest BCUT2D eigenvalue weighted by Crippen LogP contribution is 1.99. The van der Waals surface area contributed by atoms with Gasteiger partial charge in [-0.15, -0.1) is 0 Å². The van der Waals surface area contributed by atoms with Crippen LogP contribution in [0.15, 0.2) is 24.4 Å². The highest BCUT2D eigenvalue weighted by Gasteiger charge is 1.90. The van der Waals surface area contributed by atoms with E-state index in [1.807, 2.05) is 12.1 Å². The van der Waals surface area contributed by atoms with Crippen LogP contribution in [0.3, 0.4) is 0 Å². The molecule has 0 aliphatic rings. The van der Waals surface area contributed by atoms with Crippen LogP contribution in [0.4, 0.5) is 0 Å². The molecule has 1 unspecified atom stereocenters. The highest BCUT2D eigenvalue weighted by molar-refractivity contribution is 7.41. The van der Waals surface area contributed by atoms with Crippen molar-refractivity contribution in [2.45, 2.75) is 0 Å². The minimum absolute atomic E-state index is 0.426. The molecule has 1 heterocycles. The minimum atomic E-state index is 0.426. The molecule has 0 radical (unpaired) electrons. The van der Waals surface area contributed by atoms with E-state index in [9.17, 15) is 0 Å². The number of aromatic nitrogens is 1. The molecule has 0 fully saturated rings. The maximum absolute atomic E-state index is 7.14. The van der Waals surface area contributed by atoms with Gasteiger partial charge in [0, 0.05) is 6.20 Å². The zero-order chi connectivity index (χ0) is 6.69. The van der Waals surface area contributed by atoms with Gasteiger partial charge in [-0.1, -0.05) is 15.3 Å². The predicted molar refractivity (Wildman–Crippen MR) is 40.8 cm³/mol. The normalized spacial score (nSPS) is 9.00. The molecule has 0 aliphatic heterocycles. The largest absolute Gasteiger partial charge is 0.299 e. The SMILES string of the molecule is N=C(P)c1ccccn1. The van der Waals surface area contributed by atoms with Gasteiger partial charge in [0.05, 0.1) is 11.1 Å². The third-order valence-corrected chi connectivity index (χ3v) is 1.24. The first kappa shape index (κ1) is 6.37. The Hall–Kier alpha value is -0.750. The third-order valence-electron chi connectivity index (χ3n) is 0.941. The summed E-state index contributed by atoms with van der Waals surface area (Å²) in [6.45, 7) is 0. The molecule has 0 bridgehead atoms. The first-order valence-electron chi connectivity index (χ1n) is 2.56. The molecule has 0 aromatic carbocycles. The smallest absolute Gasteiger partial charge is 0.0876 e. The van der Waals surface area contributed by atoms with Gasteiger partial charge in [0.15, 0.2) is 0 Å². The van der Waals surface area contributed by atoms with Crippen molar-refractivity contribution in [2.75, 3.05) is 0 Å². The van der Waals surface area contributed by atoms with E-state index >= 15 is 0 Å². The van der Waals surface area contributed by atoms with E-state index in [1.165, 1.54) is 0 Å². The van der Waals surface area contributed by atoms with Crippen LogP contribution in [0, 0.1) is 5.41 Å². The predicted octanol–water partition coefficient (Wildman–Crippen LogP) is 1.28. The molecule has 0 spiro atoms. The van der Waals surface area contributed by atoms with Crippen LogP contribution in [0.1, 0.15) is 5.69 Å². The monoisotopic (exact) mass is 138 g/mol. The van der Waals surface area contributed by atoms with Gasteiger partial charge in [-0.05, 0) is 12.1 Å². The Kier molecular flexibility index (Phi) is 1.91. The van der Waals surface area contributed by atoms with Crippen LogP contribution in [0.5, 0.6) is 0 Å². The molecule has 1 aromatic rings. The maximum atomic E-state index is 7.14. The van der Waals surface area contributed by atoms with Gasteiger partial charge in [-0.2, -0.15) is 0 Å². The van der Waals surface area contributed by atoms with E-state index in [0.29, 0.717) is 11.1 Å². The van der Waals surface area contributed by atoms with Crippen molar-refractivity contribution < 1.29 is 0 Å². The van der Waals surface area contributed by atoms with Crippen LogP contribution in [0.2, 0.25) is 0 Å². The summed E-state index contributed by atoms with van der Waals surface area (Å²) < 4.78 is 0. The zero-order valence-corrected chi connectivity index (χ0v) is 5.99. The molecule has 9 heavy (non-hydrogen) atoms. The van der Waals surface area contributed by atoms with Crippen LogP contribution in [0.25, 0.3) is 0 Å². The molecule has 1 aromatic heterocycles. The van der Waals surface area contributed by atoms with Crippen molar-refractivity contribution in [2.24, 2.45) is 0 Å². The standard InChI is InChI=1S/C6H7N2P/c7-6(9)5-3-1-2-4-8-5/h1-4,7H,9H2. The number of pyridine rings is 1. The van der Waals surface area contributed by atoms with Crippen LogP contribution >= 0.6 is 9.24 Å². The molecule has 0 amide bonds. The number of hydrogen-bond donors (Lipinski definition) is 1. The fourth-order valence-electron chi connectivity index (χ4n) is 0.522. The topological polar surface area (TPSA) is 36.7 Å². The molecular weight excluding hydrogens is 131 g/mol. The average Bonchev–Trinajstić information content (AvgIpc) is 1.90. The van der Waals surface area contributed by atoms with E-state index < -0.39 is 0 Å². The fraction of sp³-hybridized carbons (Fsp3) is 0. The first-order chi connectivity index (χ1) is 4.30. The summed E-state index contributed by atoms with van der Waals surface area (Å²) in [6, 6.07) is 5.49. The van der Waals surface area contributed by atoms with Crippen molar-refractivity contribution >= 4 is 14.7 Å². The molecule has 1 rings (SSSR count). The summed E-state index contributed by atoms with van der Waals surface area (Å²) in [7, 11) is 2.29. The van der Waals surface area contributed by atoms with Crippen molar-refractivity contribution in [3.05, 3.63) is 30.1 Å². The third kappa shape index (κ3) is 1.58. The van der Waals surface area contributed by atoms with Gasteiger partial charge < -0.3 is 0 Å². The lowest BCUT2D eigenvalue weighted by Gasteiger charge is -1.91. The lowest BCUT2D eigenvalue weighted by Crippen LogP contribution is -1.89. The van der Waals surface area contributed by atoms with Crippen molar-refractivity contribution in [3.8, 4) is 0 Å². The van der Waals surface area contributed by atoms with E-state index in [4.69, 9.17) is 5.41 Å². The molecule has 1 N–H and O–H groups in total. The van der Waals surface area contributed by atoms with Gasteiger partial charge in [0.25, 0.3) is 0 Å². The fourth-order valence-corrected chi connectivity index (χ4v) is 0.693. The molecule has 0 saturated carbocycles. The lowest BCUT2D eigenvalue weighted by molar-refractivity contribution is 1.29. The Morgan fingerprint density at radius 2 is 2.33 bits per heavy atom. The van der Waals surface area contributed by atoms with Crippen LogP contribution in [-0.2, 0) is 0 Å². The minimum Gasteiger partial charge on any atom is -0.299 e. The molecule has 0 aliphatic carbocycles. The average molecular weight is 138 g/mol. The van der Waals surface area contributed by atoms with Crippen LogP contribution < -0.4 is 0 Å². The van der Waals surface area contributed by atoms with E-state index in [2.05, 4.69) is 14.2 Å². The van der Waals surface area contributed by atoms with Crippen LogP contribution in [-0.4, -0.2) is 10.4 Å². The zero-order valence-electron chi connectivity index (χ0n) is 4.83. The Morgan fingerprint density at radius 3 is 2.67 bits per heavy atom. The second-order valence-corrected chi connectivity index (χ2v) is 2.21. The summed E-state index contributed by atoms with van der Waals surface area (Å²) in [6.07, 6.45) is 1.67. The Balaban J connectivity index is 2.98. The number of hydrogen-bond acceptors (Lipinski definition) is 2. The summed E-state index contributed by atoms with van der Waals surface area (Å²) in [4.78, 5) is 3.93. The molecular formula is C6H7N2P. The van der Waals surface area contributed by atoms with E-state index in [0.717, 1.165) is 0 Å². The summed E-state index contributed by atoms with van der Waals surface area (Å²) in [5.74, 6) is 0. The van der Waals surface area contributed by atoms with E-state index in [-0.39, 0.29) is 0 Å².